The van der Waals surface area contributed by atoms with Crippen LogP contribution in [0.25, 0.3) is 0 Å². The molecule has 0 fully saturated rings. The second kappa shape index (κ2) is 14.5. The van der Waals surface area contributed by atoms with Crippen molar-refractivity contribution in [3.05, 3.63) is 0 Å². The average molecular weight is 350 g/mol. The Labute approximate surface area is 144 Å². The smallest absolute Gasteiger partial charge is 0.302 e. The molecule has 0 aromatic carbocycles. The first-order valence-electron chi connectivity index (χ1n) is 9.68. The highest BCUT2D eigenvalue weighted by Gasteiger charge is 2.28. The Bertz CT molecular complexity index is 283. The van der Waals surface area contributed by atoms with Crippen molar-refractivity contribution in [2.75, 3.05) is 0 Å². The van der Waals surface area contributed by atoms with Gasteiger partial charge in [-0.25, -0.2) is 4.57 Å². The molecule has 0 saturated heterocycles. The number of rotatable bonds is 16. The van der Waals surface area contributed by atoms with Gasteiger partial charge < -0.3 is 4.89 Å². The third-order valence-corrected chi connectivity index (χ3v) is 5.36. The maximum absolute atomic E-state index is 12.2. The molecule has 0 saturated carbocycles. The molecule has 0 heterocycles. The molecule has 5 heteroatoms. The standard InChI is InChI=1S/C18H39O4P/c1-5-9-11-13-15-17(7-3)21-23(19,20)22-18(8-4)16-14-12-10-6-2/h17-18H,5-16H2,1-4H3,(H,19,20). The van der Waals surface area contributed by atoms with E-state index in [1.165, 1.54) is 25.7 Å². The van der Waals surface area contributed by atoms with Crippen LogP contribution in [-0.2, 0) is 13.6 Å². The largest absolute Gasteiger partial charge is 0.472 e. The highest BCUT2D eigenvalue weighted by atomic mass is 31.2. The Morgan fingerprint density at radius 3 is 1.43 bits per heavy atom. The molecule has 0 rings (SSSR count). The van der Waals surface area contributed by atoms with Crippen LogP contribution in [0.1, 0.15) is 105 Å². The van der Waals surface area contributed by atoms with Gasteiger partial charge in [0, 0.05) is 0 Å². The maximum atomic E-state index is 12.2. The quantitative estimate of drug-likeness (QED) is 0.251. The highest BCUT2D eigenvalue weighted by molar-refractivity contribution is 7.47. The van der Waals surface area contributed by atoms with Gasteiger partial charge in [-0.15, -0.1) is 0 Å². The van der Waals surface area contributed by atoms with E-state index >= 15 is 0 Å². The summed E-state index contributed by atoms with van der Waals surface area (Å²) in [5.41, 5.74) is 0. The van der Waals surface area contributed by atoms with Crippen molar-refractivity contribution in [2.24, 2.45) is 0 Å². The highest BCUT2D eigenvalue weighted by Crippen LogP contribution is 2.48. The second-order valence-electron chi connectivity index (χ2n) is 6.44. The Morgan fingerprint density at radius 1 is 0.739 bits per heavy atom. The summed E-state index contributed by atoms with van der Waals surface area (Å²) in [4.78, 5) is 10.0. The predicted molar refractivity (Wildman–Crippen MR) is 97.7 cm³/mol. The third-order valence-electron chi connectivity index (χ3n) is 4.23. The van der Waals surface area contributed by atoms with Gasteiger partial charge in [-0.2, -0.15) is 0 Å². The minimum Gasteiger partial charge on any atom is -0.302 e. The first kappa shape index (κ1) is 23.1. The lowest BCUT2D eigenvalue weighted by molar-refractivity contribution is 0.0627. The van der Waals surface area contributed by atoms with Gasteiger partial charge in [0.15, 0.2) is 0 Å². The molecule has 0 aliphatic carbocycles. The molecule has 4 nitrogen and oxygen atoms in total. The van der Waals surface area contributed by atoms with Crippen LogP contribution in [0.5, 0.6) is 0 Å². The average Bonchev–Trinajstić information content (AvgIpc) is 2.53. The molecule has 140 valence electrons. The lowest BCUT2D eigenvalue weighted by Crippen LogP contribution is -2.16. The van der Waals surface area contributed by atoms with Crippen LogP contribution >= 0.6 is 7.82 Å². The molecule has 0 bridgehead atoms. The third kappa shape index (κ3) is 13.1. The fourth-order valence-corrected chi connectivity index (χ4v) is 3.97. The van der Waals surface area contributed by atoms with Crippen LogP contribution in [0.15, 0.2) is 0 Å². The Morgan fingerprint density at radius 2 is 1.13 bits per heavy atom. The first-order chi connectivity index (χ1) is 11.0. The lowest BCUT2D eigenvalue weighted by Gasteiger charge is -2.23. The van der Waals surface area contributed by atoms with Crippen LogP contribution in [0, 0.1) is 0 Å². The molecule has 0 radical (unpaired) electrons. The summed E-state index contributed by atoms with van der Waals surface area (Å²) < 4.78 is 23.1. The lowest BCUT2D eigenvalue weighted by atomic mass is 10.1. The van der Waals surface area contributed by atoms with Crippen molar-refractivity contribution < 1.29 is 18.5 Å². The molecule has 0 aliphatic heterocycles. The predicted octanol–water partition coefficient (Wildman–Crippen LogP) is 6.62. The zero-order valence-corrected chi connectivity index (χ0v) is 16.7. The van der Waals surface area contributed by atoms with E-state index in [4.69, 9.17) is 9.05 Å². The Hall–Kier alpha value is 0.110. The molecule has 0 spiro atoms. The Kier molecular flexibility index (Phi) is 14.5. The van der Waals surface area contributed by atoms with Crippen molar-refractivity contribution in [3.8, 4) is 0 Å². The Balaban J connectivity index is 4.20. The van der Waals surface area contributed by atoms with Crippen LogP contribution in [0.3, 0.4) is 0 Å². The monoisotopic (exact) mass is 350 g/mol. The number of hydrogen-bond donors (Lipinski definition) is 1. The van der Waals surface area contributed by atoms with Gasteiger partial charge in [0.25, 0.3) is 0 Å². The summed E-state index contributed by atoms with van der Waals surface area (Å²) in [6, 6.07) is 0. The molecular formula is C18H39O4P. The van der Waals surface area contributed by atoms with E-state index < -0.39 is 7.82 Å². The summed E-state index contributed by atoms with van der Waals surface area (Å²) in [5.74, 6) is 0. The van der Waals surface area contributed by atoms with Gasteiger partial charge in [-0.1, -0.05) is 79.1 Å². The minimum absolute atomic E-state index is 0.180. The summed E-state index contributed by atoms with van der Waals surface area (Å²) in [7, 11) is -3.95. The van der Waals surface area contributed by atoms with Crippen molar-refractivity contribution in [1.82, 2.24) is 0 Å². The van der Waals surface area contributed by atoms with Crippen LogP contribution in [-0.4, -0.2) is 17.1 Å². The fraction of sp³-hybridized carbons (Fsp3) is 1.00. The van der Waals surface area contributed by atoms with Gasteiger partial charge in [0.2, 0.25) is 0 Å². The number of phosphoric ester groups is 1. The molecule has 0 aliphatic rings. The summed E-state index contributed by atoms with van der Waals surface area (Å²) in [6.07, 6.45) is 12.0. The SMILES string of the molecule is CCCCCCC(CC)OP(=O)(O)OC(CC)CCCCCC. The summed E-state index contributed by atoms with van der Waals surface area (Å²) in [5, 5.41) is 0. The van der Waals surface area contributed by atoms with Gasteiger partial charge >= 0.3 is 7.82 Å². The maximum Gasteiger partial charge on any atom is 0.472 e. The molecular weight excluding hydrogens is 311 g/mol. The van der Waals surface area contributed by atoms with E-state index in [9.17, 15) is 9.46 Å². The first-order valence-corrected chi connectivity index (χ1v) is 11.2. The van der Waals surface area contributed by atoms with Gasteiger partial charge in [0.1, 0.15) is 0 Å². The molecule has 1 N–H and O–H groups in total. The fourth-order valence-electron chi connectivity index (χ4n) is 2.66. The van der Waals surface area contributed by atoms with Crippen LogP contribution < -0.4 is 0 Å². The van der Waals surface area contributed by atoms with E-state index in [0.717, 1.165) is 51.4 Å². The van der Waals surface area contributed by atoms with Crippen molar-refractivity contribution in [3.63, 3.8) is 0 Å². The molecule has 0 aromatic rings. The summed E-state index contributed by atoms with van der Waals surface area (Å²) in [6.45, 7) is 8.34. The van der Waals surface area contributed by atoms with E-state index in [1.54, 1.807) is 0 Å². The topological polar surface area (TPSA) is 55.8 Å². The zero-order valence-electron chi connectivity index (χ0n) is 15.8. The van der Waals surface area contributed by atoms with E-state index in [0.29, 0.717) is 0 Å². The molecule has 0 amide bonds. The van der Waals surface area contributed by atoms with Crippen molar-refractivity contribution >= 4 is 7.82 Å². The van der Waals surface area contributed by atoms with Gasteiger partial charge in [-0.05, 0) is 25.7 Å². The van der Waals surface area contributed by atoms with Gasteiger partial charge in [0.05, 0.1) is 12.2 Å². The van der Waals surface area contributed by atoms with E-state index in [2.05, 4.69) is 13.8 Å². The van der Waals surface area contributed by atoms with Crippen molar-refractivity contribution in [1.29, 1.82) is 0 Å². The molecule has 2 unspecified atom stereocenters. The molecule has 23 heavy (non-hydrogen) atoms. The van der Waals surface area contributed by atoms with Crippen LogP contribution in [0.2, 0.25) is 0 Å². The molecule has 0 aromatic heterocycles. The normalized spacial score (nSPS) is 16.9. The molecule has 2 atom stereocenters. The second-order valence-corrected chi connectivity index (χ2v) is 7.80. The van der Waals surface area contributed by atoms with Crippen molar-refractivity contribution in [2.45, 2.75) is 117 Å². The van der Waals surface area contributed by atoms with Gasteiger partial charge in [-0.3, -0.25) is 9.05 Å². The number of hydrogen-bond acceptors (Lipinski definition) is 3. The summed E-state index contributed by atoms with van der Waals surface area (Å²) >= 11 is 0. The number of phosphoric acid groups is 1. The minimum atomic E-state index is -3.95. The zero-order chi connectivity index (χ0) is 17.6. The van der Waals surface area contributed by atoms with Crippen LogP contribution in [0.4, 0.5) is 0 Å². The number of unbranched alkanes of at least 4 members (excludes halogenated alkanes) is 6. The van der Waals surface area contributed by atoms with E-state index in [1.807, 2.05) is 13.8 Å². The van der Waals surface area contributed by atoms with E-state index in [-0.39, 0.29) is 12.2 Å².